The molecule has 0 amide bonds. The predicted octanol–water partition coefficient (Wildman–Crippen LogP) is 23.0. The highest BCUT2D eigenvalue weighted by atomic mass is 15.2. The summed E-state index contributed by atoms with van der Waals surface area (Å²) < 4.78 is 0. The molecule has 4 heterocycles. The zero-order valence-corrected chi connectivity index (χ0v) is 56.3. The number of hydrogen-bond donors (Lipinski definition) is 0. The summed E-state index contributed by atoms with van der Waals surface area (Å²) in [6.07, 6.45) is 6.42. The summed E-state index contributed by atoms with van der Waals surface area (Å²) in [5.74, 6) is 1.59. The molecule has 0 N–H and O–H groups in total. The molecule has 14 aromatic rings. The molecule has 0 atom stereocenters. The normalized spacial score (nSPS) is 17.7. The van der Waals surface area contributed by atoms with E-state index in [4.69, 9.17) is 0 Å². The van der Waals surface area contributed by atoms with E-state index in [0.29, 0.717) is 12.1 Å². The van der Waals surface area contributed by atoms with Crippen molar-refractivity contribution in [2.75, 3.05) is 14.7 Å². The van der Waals surface area contributed by atoms with Crippen LogP contribution in [0.5, 0.6) is 0 Å². The maximum absolute atomic E-state index is 2.95. The lowest BCUT2D eigenvalue weighted by Crippen LogP contribution is -2.62. The Morgan fingerprint density at radius 3 is 1.16 bits per heavy atom. The second-order valence-electron chi connectivity index (χ2n) is 30.8. The van der Waals surface area contributed by atoms with Crippen LogP contribution < -0.4 is 31.1 Å². The summed E-state index contributed by atoms with van der Waals surface area (Å²) in [6.45, 7) is 14.0. The minimum Gasteiger partial charge on any atom is -0.365 e. The fraction of sp³-hybridized carbons (Fsp3) is 0.183. The van der Waals surface area contributed by atoms with E-state index in [1.165, 1.54) is 199 Å². The van der Waals surface area contributed by atoms with Crippen molar-refractivity contribution < 1.29 is 0 Å². The Kier molecular flexibility index (Phi) is 13.2. The van der Waals surface area contributed by atoms with Gasteiger partial charge in [-0.2, -0.15) is 0 Å². The van der Waals surface area contributed by atoms with E-state index < -0.39 is 0 Å². The molecule has 4 aliphatic heterocycles. The van der Waals surface area contributed by atoms with Crippen molar-refractivity contribution in [2.45, 2.75) is 96.6 Å². The van der Waals surface area contributed by atoms with Crippen LogP contribution in [0.15, 0.2) is 279 Å². The lowest BCUT2D eigenvalue weighted by molar-refractivity contribution is 0.0900. The number of piperidine rings is 2. The van der Waals surface area contributed by atoms with Gasteiger partial charge in [-0.3, -0.25) is 0 Å². The maximum Gasteiger partial charge on any atom is 0.252 e. The van der Waals surface area contributed by atoms with E-state index in [1.807, 2.05) is 0 Å². The third kappa shape index (κ3) is 9.37. The Morgan fingerprint density at radius 1 is 0.309 bits per heavy atom. The van der Waals surface area contributed by atoms with Crippen molar-refractivity contribution in [3.05, 3.63) is 290 Å². The van der Waals surface area contributed by atoms with E-state index in [0.717, 1.165) is 11.8 Å². The van der Waals surface area contributed by atoms with Gasteiger partial charge in [-0.1, -0.05) is 284 Å². The summed E-state index contributed by atoms with van der Waals surface area (Å²) in [4.78, 5) is 8.47. The molecular weight excluding hydrogens is 1170 g/mol. The van der Waals surface area contributed by atoms with Crippen molar-refractivity contribution in [3.63, 3.8) is 0 Å². The number of hydrogen-bond acceptors (Lipinski definition) is 3. The molecular formula is C93H78BN3. The number of fused-ring (bicyclic) bond motifs is 4. The molecule has 2 saturated carbocycles. The topological polar surface area (TPSA) is 9.72 Å². The van der Waals surface area contributed by atoms with E-state index in [1.54, 1.807) is 0 Å². The molecule has 0 spiro atoms. The molecule has 14 aromatic carbocycles. The average Bonchev–Trinajstić information content (AvgIpc) is 0.688. The first-order chi connectivity index (χ1) is 47.3. The summed E-state index contributed by atoms with van der Waals surface area (Å²) in [6, 6.07) is 109. The molecule has 2 aliphatic carbocycles. The fourth-order valence-electron chi connectivity index (χ4n) is 18.6. The Balaban J connectivity index is 0.982. The largest absolute Gasteiger partial charge is 0.365 e. The van der Waals surface area contributed by atoms with Crippen LogP contribution in [0.1, 0.15) is 84.8 Å². The molecule has 4 heteroatoms. The molecule has 0 unspecified atom stereocenters. The van der Waals surface area contributed by atoms with Gasteiger partial charge in [0.25, 0.3) is 6.71 Å². The third-order valence-electron chi connectivity index (χ3n) is 22.9. The Morgan fingerprint density at radius 2 is 0.711 bits per heavy atom. The van der Waals surface area contributed by atoms with Gasteiger partial charge in [-0.05, 0) is 196 Å². The summed E-state index contributed by atoms with van der Waals surface area (Å²) >= 11 is 0. The molecule has 4 bridgehead atoms. The summed E-state index contributed by atoms with van der Waals surface area (Å²) in [7, 11) is 0. The van der Waals surface area contributed by atoms with E-state index in [9.17, 15) is 0 Å². The highest BCUT2D eigenvalue weighted by Gasteiger charge is 2.50. The second kappa shape index (κ2) is 22.1. The van der Waals surface area contributed by atoms with Crippen molar-refractivity contribution in [1.29, 1.82) is 0 Å². The lowest BCUT2D eigenvalue weighted by atomic mass is 9.33. The van der Waals surface area contributed by atoms with E-state index in [-0.39, 0.29) is 17.5 Å². The Labute approximate surface area is 571 Å². The molecule has 0 aromatic heterocycles. The quantitative estimate of drug-likeness (QED) is 0.105. The highest BCUT2D eigenvalue weighted by Crippen LogP contribution is 2.57. The van der Waals surface area contributed by atoms with Gasteiger partial charge >= 0.3 is 0 Å². The minimum absolute atomic E-state index is 0.0453. The molecule has 20 rings (SSSR count). The lowest BCUT2D eigenvalue weighted by Gasteiger charge is -2.58. The average molecular weight is 1250 g/mol. The summed E-state index contributed by atoms with van der Waals surface area (Å²) in [5, 5.41) is 7.90. The zero-order valence-electron chi connectivity index (χ0n) is 56.3. The number of nitrogens with zero attached hydrogens (tertiary/aromatic N) is 3. The van der Waals surface area contributed by atoms with Gasteiger partial charge in [0.2, 0.25) is 0 Å². The van der Waals surface area contributed by atoms with Crippen LogP contribution in [0.25, 0.3) is 99.1 Å². The van der Waals surface area contributed by atoms with Gasteiger partial charge in [-0.15, -0.1) is 0 Å². The number of benzene rings is 14. The van der Waals surface area contributed by atoms with Crippen LogP contribution in [0, 0.1) is 11.8 Å². The van der Waals surface area contributed by atoms with Crippen LogP contribution in [0.2, 0.25) is 0 Å². The molecule has 6 aliphatic rings. The van der Waals surface area contributed by atoms with Gasteiger partial charge in [0, 0.05) is 62.8 Å². The molecule has 3 nitrogen and oxygen atoms in total. The first-order valence-corrected chi connectivity index (χ1v) is 35.5. The van der Waals surface area contributed by atoms with Crippen LogP contribution in [0.3, 0.4) is 0 Å². The monoisotopic (exact) mass is 1250 g/mol. The first-order valence-electron chi connectivity index (χ1n) is 35.5. The molecule has 0 radical (unpaired) electrons. The minimum atomic E-state index is -0.199. The first kappa shape index (κ1) is 58.0. The smallest absolute Gasteiger partial charge is 0.252 e. The van der Waals surface area contributed by atoms with Gasteiger partial charge < -0.3 is 14.7 Å². The Bertz CT molecular complexity index is 5270. The summed E-state index contributed by atoms with van der Waals surface area (Å²) in [5.41, 5.74) is 29.5. The van der Waals surface area contributed by atoms with Crippen LogP contribution in [0.4, 0.5) is 39.8 Å². The zero-order chi connectivity index (χ0) is 65.0. The van der Waals surface area contributed by atoms with Gasteiger partial charge in [0.05, 0.1) is 11.4 Å². The third-order valence-corrected chi connectivity index (χ3v) is 22.9. The fourth-order valence-corrected chi connectivity index (χ4v) is 18.6. The van der Waals surface area contributed by atoms with E-state index >= 15 is 0 Å². The van der Waals surface area contributed by atoms with Crippen molar-refractivity contribution in [1.82, 2.24) is 0 Å². The van der Waals surface area contributed by atoms with Crippen molar-refractivity contribution in [2.24, 2.45) is 11.8 Å². The van der Waals surface area contributed by atoms with Crippen LogP contribution in [-0.4, -0.2) is 18.8 Å². The highest BCUT2D eigenvalue weighted by molar-refractivity contribution is 7.00. The van der Waals surface area contributed by atoms with Crippen molar-refractivity contribution in [3.8, 4) is 66.8 Å². The SMILES string of the molecule is CC(C)(C)c1cc2ccc3cc(C(C)(C)C)cc4c(-c5ccc6c(c5)B5c7cc(-c8ccccc8)ccc7N(c7c(-c8ccccc8)cccc7-c7ccccc7)c7cc(N8C9CC%10CC(C9)CC8C%10)cc(c75)N6c5c(-c6ccccc6)cccc5-c5ccccc5)cc(c1)c2c34. The molecule has 97 heavy (non-hydrogen) atoms. The second-order valence-corrected chi connectivity index (χ2v) is 30.8. The number of anilines is 7. The molecule has 2 saturated heterocycles. The van der Waals surface area contributed by atoms with E-state index in [2.05, 4.69) is 335 Å². The number of para-hydroxylation sites is 2. The number of rotatable bonds is 9. The maximum atomic E-state index is 2.95. The standard InChI is InChI=1S/C93H78BN3/c1-92(2,3)70-49-67-38-39-68-50-71(93(4,5)6)55-80-79(52-69(51-70)87(67)88(68)80)66-41-43-84-82(54-66)94-81-53-65(60-24-12-7-13-25-60)40-42-83(81)96(90-75(61-26-14-8-15-27-61)34-22-35-76(90)62-28-16-9-17-29-62)85-56-74(95-72-45-58-44-59(47-72)48-73(95)46-58)57-86(89(85)94)97(84)91-77(63-30-18-10-19-31-63)36-23-37-78(91)64-32-20-11-21-33-64/h7-43,49-59,72-73H,44-48H2,1-6H3. The van der Waals surface area contributed by atoms with Crippen LogP contribution >= 0.6 is 0 Å². The molecule has 468 valence electrons. The predicted molar refractivity (Wildman–Crippen MR) is 414 cm³/mol. The Hall–Kier alpha value is -10.4. The van der Waals surface area contributed by atoms with Gasteiger partial charge in [0.15, 0.2) is 0 Å². The van der Waals surface area contributed by atoms with Gasteiger partial charge in [0.1, 0.15) is 0 Å². The molecule has 4 fully saturated rings. The van der Waals surface area contributed by atoms with Gasteiger partial charge in [-0.25, -0.2) is 0 Å². The van der Waals surface area contributed by atoms with Crippen molar-refractivity contribution >= 4 is 95.2 Å². The van der Waals surface area contributed by atoms with Crippen LogP contribution in [-0.2, 0) is 10.8 Å².